The first kappa shape index (κ1) is 20.6. The van der Waals surface area contributed by atoms with Crippen LogP contribution in [0.5, 0.6) is 0 Å². The number of nitrogens with one attached hydrogen (secondary N) is 1. The predicted octanol–water partition coefficient (Wildman–Crippen LogP) is 3.90. The summed E-state index contributed by atoms with van der Waals surface area (Å²) < 4.78 is 13.1. The van der Waals surface area contributed by atoms with Crippen molar-refractivity contribution in [1.82, 2.24) is 9.55 Å². The Bertz CT molecular complexity index is 797. The highest BCUT2D eigenvalue weighted by Gasteiger charge is 2.17. The van der Waals surface area contributed by atoms with Crippen molar-refractivity contribution in [3.05, 3.63) is 50.0 Å². The molecule has 1 aromatic carbocycles. The average molecular weight is 424 g/mol. The van der Waals surface area contributed by atoms with Crippen LogP contribution in [-0.2, 0) is 9.47 Å². The van der Waals surface area contributed by atoms with Gasteiger partial charge in [-0.1, -0.05) is 6.07 Å². The Morgan fingerprint density at radius 1 is 1.23 bits per heavy atom. The summed E-state index contributed by atoms with van der Waals surface area (Å²) in [6.07, 6.45) is 2.45. The average Bonchev–Trinajstić information content (AvgIpc) is 2.57. The second-order valence-electron chi connectivity index (χ2n) is 6.40. The molecule has 2 aromatic rings. The minimum absolute atomic E-state index is 0.114. The van der Waals surface area contributed by atoms with Crippen LogP contribution >= 0.6 is 15.9 Å². The number of aryl methyl sites for hydroxylation is 3. The third kappa shape index (κ3) is 4.93. The molecule has 0 spiro atoms. The summed E-state index contributed by atoms with van der Waals surface area (Å²) in [6, 6.07) is 3.96. The summed E-state index contributed by atoms with van der Waals surface area (Å²) in [5.41, 5.74) is 3.61. The van der Waals surface area contributed by atoms with Gasteiger partial charge >= 0.3 is 0 Å². The van der Waals surface area contributed by atoms with Crippen molar-refractivity contribution < 1.29 is 9.47 Å². The molecule has 142 valence electrons. The number of benzene rings is 1. The van der Waals surface area contributed by atoms with Crippen LogP contribution in [0.25, 0.3) is 0 Å². The molecule has 7 heteroatoms. The van der Waals surface area contributed by atoms with Crippen molar-refractivity contribution in [3.8, 4) is 0 Å². The summed E-state index contributed by atoms with van der Waals surface area (Å²) >= 11 is 3.57. The molecule has 0 aliphatic carbocycles. The molecule has 0 aliphatic heterocycles. The van der Waals surface area contributed by atoms with Gasteiger partial charge in [-0.05, 0) is 60.3 Å². The predicted molar refractivity (Wildman–Crippen MR) is 108 cm³/mol. The number of hydrogen-bond donors (Lipinski definition) is 1. The third-order valence-corrected chi connectivity index (χ3v) is 4.76. The molecule has 0 saturated heterocycles. The summed E-state index contributed by atoms with van der Waals surface area (Å²) in [7, 11) is 3.28. The molecule has 1 unspecified atom stereocenters. The van der Waals surface area contributed by atoms with Gasteiger partial charge in [-0.25, -0.2) is 4.98 Å². The van der Waals surface area contributed by atoms with Gasteiger partial charge in [0.15, 0.2) is 5.82 Å². The summed E-state index contributed by atoms with van der Waals surface area (Å²) in [5.74, 6) is 0.302. The standard InChI is InChI=1S/C19H26BrN3O3/c1-12-8-13(2)17(16(20)9-12)22-18-19(24)23(10-14(3)21-18)15(11-26-5)6-7-25-4/h8-10,15H,6-7,11H2,1-5H3,(H,21,22). The largest absolute Gasteiger partial charge is 0.385 e. The van der Waals surface area contributed by atoms with Crippen molar-refractivity contribution >= 4 is 27.4 Å². The van der Waals surface area contributed by atoms with Gasteiger partial charge < -0.3 is 19.4 Å². The van der Waals surface area contributed by atoms with E-state index in [1.807, 2.05) is 26.8 Å². The van der Waals surface area contributed by atoms with Crippen LogP contribution in [0.1, 0.15) is 29.3 Å². The lowest BCUT2D eigenvalue weighted by Gasteiger charge is -2.21. The Morgan fingerprint density at radius 3 is 2.58 bits per heavy atom. The van der Waals surface area contributed by atoms with Gasteiger partial charge in [-0.2, -0.15) is 0 Å². The first-order valence-corrected chi connectivity index (χ1v) is 9.28. The molecule has 1 aromatic heterocycles. The first-order valence-electron chi connectivity index (χ1n) is 8.48. The van der Waals surface area contributed by atoms with Crippen LogP contribution < -0.4 is 10.9 Å². The fraction of sp³-hybridized carbons (Fsp3) is 0.474. The first-order chi connectivity index (χ1) is 12.4. The number of methoxy groups -OCH3 is 2. The molecule has 0 amide bonds. The molecule has 0 saturated carbocycles. The molecule has 0 fully saturated rings. The van der Waals surface area contributed by atoms with Gasteiger partial charge in [0, 0.05) is 31.5 Å². The van der Waals surface area contributed by atoms with E-state index >= 15 is 0 Å². The topological polar surface area (TPSA) is 65.4 Å². The van der Waals surface area contributed by atoms with Crippen LogP contribution in [0, 0.1) is 20.8 Å². The Balaban J connectivity index is 2.45. The van der Waals surface area contributed by atoms with E-state index in [4.69, 9.17) is 9.47 Å². The van der Waals surface area contributed by atoms with Crippen molar-refractivity contribution in [2.45, 2.75) is 33.2 Å². The fourth-order valence-electron chi connectivity index (χ4n) is 2.93. The molecule has 26 heavy (non-hydrogen) atoms. The normalized spacial score (nSPS) is 12.2. The zero-order valence-corrected chi connectivity index (χ0v) is 17.5. The lowest BCUT2D eigenvalue weighted by molar-refractivity contribution is 0.119. The van der Waals surface area contributed by atoms with Crippen molar-refractivity contribution in [3.63, 3.8) is 0 Å². The molecule has 0 aliphatic rings. The molecule has 1 N–H and O–H groups in total. The van der Waals surface area contributed by atoms with E-state index in [0.29, 0.717) is 25.5 Å². The summed E-state index contributed by atoms with van der Waals surface area (Å²) in [4.78, 5) is 17.4. The van der Waals surface area contributed by atoms with Crippen LogP contribution in [0.4, 0.5) is 11.5 Å². The number of halogens is 1. The minimum Gasteiger partial charge on any atom is -0.385 e. The van der Waals surface area contributed by atoms with Crippen LogP contribution in [0.2, 0.25) is 0 Å². The van der Waals surface area contributed by atoms with Crippen molar-refractivity contribution in [1.29, 1.82) is 0 Å². The molecule has 0 radical (unpaired) electrons. The van der Waals surface area contributed by atoms with Gasteiger partial charge in [0.05, 0.1) is 24.0 Å². The molecular weight excluding hydrogens is 398 g/mol. The maximum atomic E-state index is 13.0. The van der Waals surface area contributed by atoms with Gasteiger partial charge in [0.25, 0.3) is 5.56 Å². The van der Waals surface area contributed by atoms with E-state index in [2.05, 4.69) is 32.3 Å². The van der Waals surface area contributed by atoms with E-state index in [1.54, 1.807) is 25.0 Å². The lowest BCUT2D eigenvalue weighted by atomic mass is 10.1. The fourth-order valence-corrected chi connectivity index (χ4v) is 3.70. The highest BCUT2D eigenvalue weighted by Crippen LogP contribution is 2.29. The number of aromatic nitrogens is 2. The zero-order valence-electron chi connectivity index (χ0n) is 15.9. The maximum absolute atomic E-state index is 13.0. The van der Waals surface area contributed by atoms with Gasteiger partial charge in [0.1, 0.15) is 0 Å². The number of hydrogen-bond acceptors (Lipinski definition) is 5. The second kappa shape index (κ2) is 9.30. The molecule has 6 nitrogen and oxygen atoms in total. The van der Waals surface area contributed by atoms with Gasteiger partial charge in [-0.3, -0.25) is 4.79 Å². The Morgan fingerprint density at radius 2 is 1.96 bits per heavy atom. The Labute approximate surface area is 162 Å². The van der Waals surface area contributed by atoms with Gasteiger partial charge in [-0.15, -0.1) is 0 Å². The lowest BCUT2D eigenvalue weighted by Crippen LogP contribution is -2.30. The van der Waals surface area contributed by atoms with Crippen molar-refractivity contribution in [2.75, 3.05) is 32.8 Å². The van der Waals surface area contributed by atoms with Crippen LogP contribution in [-0.4, -0.2) is 37.0 Å². The summed E-state index contributed by atoms with van der Waals surface area (Å²) in [5, 5.41) is 3.21. The summed E-state index contributed by atoms with van der Waals surface area (Å²) in [6.45, 7) is 6.89. The molecule has 2 rings (SSSR count). The molecule has 1 heterocycles. The number of rotatable bonds is 8. The number of anilines is 2. The SMILES string of the molecule is COCCC(COC)n1cc(C)nc(Nc2c(C)cc(C)cc2Br)c1=O. The van der Waals surface area contributed by atoms with Crippen LogP contribution in [0.3, 0.4) is 0 Å². The molecular formula is C19H26BrN3O3. The smallest absolute Gasteiger partial charge is 0.294 e. The number of nitrogens with zero attached hydrogens (tertiary/aromatic N) is 2. The van der Waals surface area contributed by atoms with Gasteiger partial charge in [0.2, 0.25) is 0 Å². The van der Waals surface area contributed by atoms with E-state index in [1.165, 1.54) is 0 Å². The highest BCUT2D eigenvalue weighted by molar-refractivity contribution is 9.10. The highest BCUT2D eigenvalue weighted by atomic mass is 79.9. The van der Waals surface area contributed by atoms with E-state index in [9.17, 15) is 4.79 Å². The maximum Gasteiger partial charge on any atom is 0.294 e. The third-order valence-electron chi connectivity index (χ3n) is 4.13. The van der Waals surface area contributed by atoms with E-state index in [-0.39, 0.29) is 11.6 Å². The number of ether oxygens (including phenoxy) is 2. The Hall–Kier alpha value is -1.70. The molecule has 0 bridgehead atoms. The zero-order chi connectivity index (χ0) is 19.3. The monoisotopic (exact) mass is 423 g/mol. The second-order valence-corrected chi connectivity index (χ2v) is 7.25. The minimum atomic E-state index is -0.180. The Kier molecular flexibility index (Phi) is 7.37. The molecule has 1 atom stereocenters. The van der Waals surface area contributed by atoms with Crippen LogP contribution in [0.15, 0.2) is 27.6 Å². The quantitative estimate of drug-likeness (QED) is 0.697. The van der Waals surface area contributed by atoms with Crippen molar-refractivity contribution in [2.24, 2.45) is 0 Å². The van der Waals surface area contributed by atoms with E-state index < -0.39 is 0 Å². The van der Waals surface area contributed by atoms with E-state index in [0.717, 1.165) is 27.0 Å².